The van der Waals surface area contributed by atoms with Gasteiger partial charge in [-0.2, -0.15) is 0 Å². The Balaban J connectivity index is 1.96. The van der Waals surface area contributed by atoms with Crippen LogP contribution in [0.15, 0.2) is 61.3 Å². The molecular formula is C17H12F2N4O. The Morgan fingerprint density at radius 1 is 0.958 bits per heavy atom. The number of carbonyl (C=O) groups is 1. The minimum absolute atomic E-state index is 0.119. The van der Waals surface area contributed by atoms with E-state index >= 15 is 0 Å². The van der Waals surface area contributed by atoms with Gasteiger partial charge in [0, 0.05) is 24.8 Å². The number of halogens is 2. The summed E-state index contributed by atoms with van der Waals surface area (Å²) < 4.78 is 26.8. The SMILES string of the molecule is O=C(NC(c1cccnc1)c1ccc(F)c(F)c1)c1cnccn1. The number of aromatic nitrogens is 3. The summed E-state index contributed by atoms with van der Waals surface area (Å²) in [7, 11) is 0. The second-order valence-corrected chi connectivity index (χ2v) is 4.96. The van der Waals surface area contributed by atoms with E-state index in [-0.39, 0.29) is 5.69 Å². The molecule has 0 bridgehead atoms. The molecule has 0 aliphatic rings. The van der Waals surface area contributed by atoms with E-state index in [1.807, 2.05) is 0 Å². The average Bonchev–Trinajstić information content (AvgIpc) is 2.63. The van der Waals surface area contributed by atoms with E-state index in [0.29, 0.717) is 11.1 Å². The van der Waals surface area contributed by atoms with Crippen LogP contribution in [-0.4, -0.2) is 20.9 Å². The van der Waals surface area contributed by atoms with Crippen LogP contribution in [0.5, 0.6) is 0 Å². The lowest BCUT2D eigenvalue weighted by molar-refractivity contribution is 0.0937. The fourth-order valence-corrected chi connectivity index (χ4v) is 2.22. The smallest absolute Gasteiger partial charge is 0.272 e. The van der Waals surface area contributed by atoms with E-state index in [0.717, 1.165) is 12.1 Å². The molecule has 5 nitrogen and oxygen atoms in total. The zero-order valence-corrected chi connectivity index (χ0v) is 12.4. The van der Waals surface area contributed by atoms with Crippen LogP contribution in [0.25, 0.3) is 0 Å². The molecule has 1 unspecified atom stereocenters. The molecule has 1 atom stereocenters. The number of rotatable bonds is 4. The summed E-state index contributed by atoms with van der Waals surface area (Å²) in [5.41, 5.74) is 1.13. The van der Waals surface area contributed by atoms with E-state index in [9.17, 15) is 13.6 Å². The second kappa shape index (κ2) is 6.91. The van der Waals surface area contributed by atoms with Gasteiger partial charge in [0.25, 0.3) is 5.91 Å². The third-order valence-electron chi connectivity index (χ3n) is 3.37. The van der Waals surface area contributed by atoms with Crippen molar-refractivity contribution in [3.8, 4) is 0 Å². The monoisotopic (exact) mass is 326 g/mol. The van der Waals surface area contributed by atoms with Crippen LogP contribution >= 0.6 is 0 Å². The van der Waals surface area contributed by atoms with Gasteiger partial charge < -0.3 is 5.32 Å². The average molecular weight is 326 g/mol. The third kappa shape index (κ3) is 3.40. The second-order valence-electron chi connectivity index (χ2n) is 4.96. The van der Waals surface area contributed by atoms with Crippen LogP contribution in [0.2, 0.25) is 0 Å². The zero-order chi connectivity index (χ0) is 16.9. The summed E-state index contributed by atoms with van der Waals surface area (Å²) in [6, 6.07) is 6.19. The summed E-state index contributed by atoms with van der Waals surface area (Å²) in [4.78, 5) is 24.1. The minimum Gasteiger partial charge on any atom is -0.340 e. The number of amides is 1. The number of hydrogen-bond acceptors (Lipinski definition) is 4. The zero-order valence-electron chi connectivity index (χ0n) is 12.4. The van der Waals surface area contributed by atoms with Crippen LogP contribution < -0.4 is 5.32 Å². The summed E-state index contributed by atoms with van der Waals surface area (Å²) in [6.07, 6.45) is 7.29. The van der Waals surface area contributed by atoms with Crippen molar-refractivity contribution < 1.29 is 13.6 Å². The van der Waals surface area contributed by atoms with E-state index in [1.165, 1.54) is 24.7 Å². The molecule has 7 heteroatoms. The van der Waals surface area contributed by atoms with Crippen LogP contribution in [0.4, 0.5) is 8.78 Å². The molecule has 1 N–H and O–H groups in total. The molecule has 2 heterocycles. The van der Waals surface area contributed by atoms with Crippen molar-refractivity contribution in [3.05, 3.63) is 89.8 Å². The van der Waals surface area contributed by atoms with Gasteiger partial charge in [-0.15, -0.1) is 0 Å². The highest BCUT2D eigenvalue weighted by Crippen LogP contribution is 2.23. The largest absolute Gasteiger partial charge is 0.340 e. The van der Waals surface area contributed by atoms with E-state index in [1.54, 1.807) is 24.5 Å². The van der Waals surface area contributed by atoms with Crippen molar-refractivity contribution in [2.75, 3.05) is 0 Å². The Hall–Kier alpha value is -3.22. The Bertz CT molecular complexity index is 844. The van der Waals surface area contributed by atoms with Gasteiger partial charge in [0.2, 0.25) is 0 Å². The van der Waals surface area contributed by atoms with Crippen molar-refractivity contribution in [2.24, 2.45) is 0 Å². The molecule has 120 valence electrons. The Kier molecular flexibility index (Phi) is 4.51. The summed E-state index contributed by atoms with van der Waals surface area (Å²) in [5, 5.41) is 2.74. The van der Waals surface area contributed by atoms with Crippen molar-refractivity contribution in [1.29, 1.82) is 0 Å². The van der Waals surface area contributed by atoms with Crippen molar-refractivity contribution in [1.82, 2.24) is 20.3 Å². The van der Waals surface area contributed by atoms with Gasteiger partial charge in [-0.1, -0.05) is 12.1 Å². The lowest BCUT2D eigenvalue weighted by Gasteiger charge is -2.19. The van der Waals surface area contributed by atoms with Crippen molar-refractivity contribution in [3.63, 3.8) is 0 Å². The first-order chi connectivity index (χ1) is 11.6. The maximum atomic E-state index is 13.6. The standard InChI is InChI=1S/C17H12F2N4O/c18-13-4-3-11(8-14(13)19)16(12-2-1-5-20-9-12)23-17(24)15-10-21-6-7-22-15/h1-10,16H,(H,23,24). The molecule has 1 aromatic carbocycles. The van der Waals surface area contributed by atoms with Crippen LogP contribution in [0.1, 0.15) is 27.7 Å². The molecule has 2 aromatic heterocycles. The molecule has 0 radical (unpaired) electrons. The molecule has 3 rings (SSSR count). The molecule has 24 heavy (non-hydrogen) atoms. The Morgan fingerprint density at radius 2 is 1.79 bits per heavy atom. The predicted molar refractivity (Wildman–Crippen MR) is 81.9 cm³/mol. The molecule has 0 saturated carbocycles. The number of carbonyl (C=O) groups excluding carboxylic acids is 1. The number of nitrogens with one attached hydrogen (secondary N) is 1. The van der Waals surface area contributed by atoms with Crippen molar-refractivity contribution in [2.45, 2.75) is 6.04 Å². The fraction of sp³-hybridized carbons (Fsp3) is 0.0588. The van der Waals surface area contributed by atoms with E-state index < -0.39 is 23.6 Å². The van der Waals surface area contributed by atoms with Gasteiger partial charge in [0.15, 0.2) is 11.6 Å². The maximum absolute atomic E-state index is 13.6. The number of hydrogen-bond donors (Lipinski definition) is 1. The normalized spacial score (nSPS) is 11.8. The Labute approximate surface area is 136 Å². The first kappa shape index (κ1) is 15.7. The quantitative estimate of drug-likeness (QED) is 0.800. The summed E-state index contributed by atoms with van der Waals surface area (Å²) in [5.74, 6) is -2.43. The van der Waals surface area contributed by atoms with Gasteiger partial charge in [0.05, 0.1) is 12.2 Å². The molecule has 0 fully saturated rings. The molecule has 0 saturated heterocycles. The molecule has 1 amide bonds. The third-order valence-corrected chi connectivity index (χ3v) is 3.37. The van der Waals surface area contributed by atoms with Gasteiger partial charge in [-0.25, -0.2) is 13.8 Å². The lowest BCUT2D eigenvalue weighted by Crippen LogP contribution is -2.30. The van der Waals surface area contributed by atoms with Gasteiger partial charge in [-0.05, 0) is 29.3 Å². The first-order valence-corrected chi connectivity index (χ1v) is 7.07. The van der Waals surface area contributed by atoms with E-state index in [4.69, 9.17) is 0 Å². The van der Waals surface area contributed by atoms with Gasteiger partial charge in [-0.3, -0.25) is 14.8 Å². The number of pyridine rings is 1. The molecule has 0 aliphatic carbocycles. The lowest BCUT2D eigenvalue weighted by atomic mass is 9.99. The highest BCUT2D eigenvalue weighted by atomic mass is 19.2. The number of nitrogens with zero attached hydrogens (tertiary/aromatic N) is 3. The Morgan fingerprint density at radius 3 is 2.46 bits per heavy atom. The maximum Gasteiger partial charge on any atom is 0.272 e. The molecule has 3 aromatic rings. The van der Waals surface area contributed by atoms with Gasteiger partial charge >= 0.3 is 0 Å². The summed E-state index contributed by atoms with van der Waals surface area (Å²) in [6.45, 7) is 0. The highest BCUT2D eigenvalue weighted by molar-refractivity contribution is 5.92. The van der Waals surface area contributed by atoms with Crippen LogP contribution in [0.3, 0.4) is 0 Å². The predicted octanol–water partition coefficient (Wildman–Crippen LogP) is 2.67. The molecular weight excluding hydrogens is 314 g/mol. The van der Waals surface area contributed by atoms with Gasteiger partial charge in [0.1, 0.15) is 5.69 Å². The first-order valence-electron chi connectivity index (χ1n) is 7.07. The minimum atomic E-state index is -0.991. The highest BCUT2D eigenvalue weighted by Gasteiger charge is 2.20. The summed E-state index contributed by atoms with van der Waals surface area (Å²) >= 11 is 0. The fourth-order valence-electron chi connectivity index (χ4n) is 2.22. The topological polar surface area (TPSA) is 67.8 Å². The van der Waals surface area contributed by atoms with Crippen LogP contribution in [0, 0.1) is 11.6 Å². The molecule has 0 spiro atoms. The number of benzene rings is 1. The van der Waals surface area contributed by atoms with E-state index in [2.05, 4.69) is 20.3 Å². The molecule has 0 aliphatic heterocycles. The van der Waals surface area contributed by atoms with Crippen molar-refractivity contribution >= 4 is 5.91 Å². The van der Waals surface area contributed by atoms with Crippen LogP contribution in [-0.2, 0) is 0 Å².